The maximum atomic E-state index is 13.3. The van der Waals surface area contributed by atoms with Crippen molar-refractivity contribution < 1.29 is 35.7 Å². The highest BCUT2D eigenvalue weighted by Gasteiger charge is 2.29. The Labute approximate surface area is 180 Å². The number of ether oxygens (including phenoxy) is 1. The van der Waals surface area contributed by atoms with Crippen molar-refractivity contribution in [1.82, 2.24) is 4.57 Å². The number of anilines is 1. The number of aliphatic carboxylic acids is 1. The minimum absolute atomic E-state index is 0.00552. The number of carboxylic acids is 1. The van der Waals surface area contributed by atoms with Crippen LogP contribution in [0.3, 0.4) is 0 Å². The monoisotopic (exact) mass is 468 g/mol. The fourth-order valence-corrected chi connectivity index (χ4v) is 4.93. The van der Waals surface area contributed by atoms with Crippen LogP contribution in [0.25, 0.3) is 10.9 Å². The van der Waals surface area contributed by atoms with Gasteiger partial charge in [-0.05, 0) is 31.2 Å². The third-order valence-electron chi connectivity index (χ3n) is 4.48. The molecule has 166 valence electrons. The molecule has 0 amide bonds. The Bertz CT molecular complexity index is 1320. The molecule has 0 unspecified atom stereocenters. The van der Waals surface area contributed by atoms with Crippen LogP contribution in [0.4, 0.5) is 5.69 Å². The molecule has 2 aromatic carbocycles. The molecule has 0 spiro atoms. The quantitative estimate of drug-likeness (QED) is 0.316. The third kappa shape index (κ3) is 4.75. The van der Waals surface area contributed by atoms with Gasteiger partial charge in [-0.15, -0.1) is 0 Å². The number of carbonyl (C=O) groups is 1. The summed E-state index contributed by atoms with van der Waals surface area (Å²) in [6, 6.07) is 10.6. The van der Waals surface area contributed by atoms with Crippen molar-refractivity contribution in [1.29, 1.82) is 0 Å². The van der Waals surface area contributed by atoms with E-state index in [0.29, 0.717) is 11.3 Å². The number of benzene rings is 2. The Kier molecular flexibility index (Phi) is 6.41. The number of thiol groups is 1. The van der Waals surface area contributed by atoms with Crippen molar-refractivity contribution in [3.05, 3.63) is 48.2 Å². The van der Waals surface area contributed by atoms with Gasteiger partial charge >= 0.3 is 16.1 Å². The van der Waals surface area contributed by atoms with E-state index >= 15 is 0 Å². The van der Waals surface area contributed by atoms with Crippen LogP contribution in [0.1, 0.15) is 5.69 Å². The molecule has 0 aliphatic carbocycles. The Balaban J connectivity index is 2.23. The van der Waals surface area contributed by atoms with E-state index in [1.54, 1.807) is 24.3 Å². The Hall–Kier alpha value is -3.25. The van der Waals surface area contributed by atoms with E-state index in [2.05, 4.69) is 5.32 Å². The number of nitrogens with zero attached hydrogens (tertiary/aromatic N) is 1. The first-order valence-corrected chi connectivity index (χ1v) is 11.7. The molecule has 0 radical (unpaired) electrons. The number of rotatable bonds is 9. The second kappa shape index (κ2) is 8.86. The molecule has 10 nitrogen and oxygen atoms in total. The Morgan fingerprint density at radius 2 is 1.84 bits per heavy atom. The smallest absolute Gasteiger partial charge is 0.341 e. The molecule has 0 aliphatic rings. The molecule has 0 bridgehead atoms. The third-order valence-corrected chi connectivity index (χ3v) is 6.31. The van der Waals surface area contributed by atoms with E-state index in [0.717, 1.165) is 0 Å². The van der Waals surface area contributed by atoms with Crippen molar-refractivity contribution in [2.45, 2.75) is 18.4 Å². The van der Waals surface area contributed by atoms with Crippen molar-refractivity contribution in [3.8, 4) is 11.5 Å². The summed E-state index contributed by atoms with van der Waals surface area (Å²) in [5.41, 5.74) is 0.664. The fraction of sp³-hybridized carbons (Fsp3) is 0.211. The predicted octanol–water partition coefficient (Wildman–Crippen LogP) is 1.79. The average molecular weight is 469 g/mol. The molecule has 0 atom stereocenters. The zero-order valence-electron chi connectivity index (χ0n) is 16.6. The summed E-state index contributed by atoms with van der Waals surface area (Å²) in [6.45, 7) is 0.971. The molecule has 31 heavy (non-hydrogen) atoms. The van der Waals surface area contributed by atoms with Gasteiger partial charge in [-0.3, -0.25) is 4.79 Å². The second-order valence-corrected chi connectivity index (χ2v) is 8.94. The van der Waals surface area contributed by atoms with Gasteiger partial charge < -0.3 is 23.9 Å². The van der Waals surface area contributed by atoms with E-state index in [-0.39, 0.29) is 27.4 Å². The van der Waals surface area contributed by atoms with Gasteiger partial charge in [-0.25, -0.2) is 8.42 Å². The van der Waals surface area contributed by atoms with Gasteiger partial charge in [0, 0.05) is 22.8 Å². The molecule has 0 fully saturated rings. The molecule has 3 rings (SSSR count). The van der Waals surface area contributed by atoms with Crippen molar-refractivity contribution in [2.75, 3.05) is 18.3 Å². The van der Waals surface area contributed by atoms with Gasteiger partial charge in [0.2, 0.25) is 0 Å². The predicted molar refractivity (Wildman–Crippen MR) is 114 cm³/mol. The zero-order valence-corrected chi connectivity index (χ0v) is 18.3. The molecule has 3 aromatic rings. The SMILES string of the molecule is COc1cccc(OS(=O)(=O)c2c(C)n(CC(=O)O)c3cccc(NC[SH](=O)=O)c23)c1. The van der Waals surface area contributed by atoms with Crippen LogP contribution in [0.5, 0.6) is 11.5 Å². The maximum Gasteiger partial charge on any atom is 0.341 e. The van der Waals surface area contributed by atoms with Gasteiger partial charge in [-0.1, -0.05) is 12.1 Å². The lowest BCUT2D eigenvalue weighted by Crippen LogP contribution is -2.14. The van der Waals surface area contributed by atoms with E-state index in [9.17, 15) is 26.7 Å². The lowest BCUT2D eigenvalue weighted by atomic mass is 10.2. The fourth-order valence-electron chi connectivity index (χ4n) is 3.25. The summed E-state index contributed by atoms with van der Waals surface area (Å²) in [5.74, 6) is -1.20. The lowest BCUT2D eigenvalue weighted by molar-refractivity contribution is -0.137. The largest absolute Gasteiger partial charge is 0.497 e. The second-order valence-electron chi connectivity index (χ2n) is 6.48. The lowest BCUT2D eigenvalue weighted by Gasteiger charge is -2.10. The Morgan fingerprint density at radius 1 is 1.16 bits per heavy atom. The number of carboxylic acid groups (broad SMARTS) is 1. The number of nitrogens with one attached hydrogen (secondary N) is 1. The summed E-state index contributed by atoms with van der Waals surface area (Å²) in [7, 11) is -5.79. The first-order valence-electron chi connectivity index (χ1n) is 8.92. The van der Waals surface area contributed by atoms with Crippen LogP contribution < -0.4 is 14.2 Å². The molecule has 12 heteroatoms. The van der Waals surface area contributed by atoms with E-state index in [4.69, 9.17) is 8.92 Å². The summed E-state index contributed by atoms with van der Waals surface area (Å²) in [6.07, 6.45) is 0. The van der Waals surface area contributed by atoms with Gasteiger partial charge in [0.15, 0.2) is 10.7 Å². The van der Waals surface area contributed by atoms with Crippen molar-refractivity contribution >= 4 is 43.4 Å². The molecule has 0 saturated heterocycles. The molecular formula is C19H20N2O8S2. The van der Waals surface area contributed by atoms with E-state index in [1.807, 2.05) is 0 Å². The number of hydrogen-bond donors (Lipinski definition) is 3. The van der Waals surface area contributed by atoms with Crippen molar-refractivity contribution in [3.63, 3.8) is 0 Å². The summed E-state index contributed by atoms with van der Waals surface area (Å²) in [5, 5.41) is 12.1. The highest BCUT2D eigenvalue weighted by Crippen LogP contribution is 2.37. The number of hydrogen-bond acceptors (Lipinski definition) is 8. The minimum atomic E-state index is -4.43. The maximum absolute atomic E-state index is 13.3. The average Bonchev–Trinajstić information content (AvgIpc) is 2.98. The molecule has 1 aromatic heterocycles. The highest BCUT2D eigenvalue weighted by atomic mass is 32.2. The van der Waals surface area contributed by atoms with E-state index < -0.39 is 39.2 Å². The van der Waals surface area contributed by atoms with Gasteiger partial charge in [-0.2, -0.15) is 8.42 Å². The molecule has 0 saturated carbocycles. The van der Waals surface area contributed by atoms with Crippen LogP contribution in [0.2, 0.25) is 0 Å². The number of aromatic nitrogens is 1. The molecular weight excluding hydrogens is 448 g/mol. The molecule has 1 heterocycles. The summed E-state index contributed by atoms with van der Waals surface area (Å²) in [4.78, 5) is 11.1. The number of methoxy groups -OCH3 is 1. The number of fused-ring (bicyclic) bond motifs is 1. The van der Waals surface area contributed by atoms with Gasteiger partial charge in [0.05, 0.1) is 12.6 Å². The van der Waals surface area contributed by atoms with Gasteiger partial charge in [0.1, 0.15) is 28.8 Å². The van der Waals surface area contributed by atoms with Crippen LogP contribution in [0.15, 0.2) is 47.4 Å². The van der Waals surface area contributed by atoms with Crippen LogP contribution in [-0.2, 0) is 32.2 Å². The van der Waals surface area contributed by atoms with Gasteiger partial charge in [0.25, 0.3) is 0 Å². The highest BCUT2D eigenvalue weighted by molar-refractivity contribution is 7.87. The van der Waals surface area contributed by atoms with Crippen LogP contribution >= 0.6 is 0 Å². The summed E-state index contributed by atoms with van der Waals surface area (Å²) < 4.78 is 60.3. The topological polar surface area (TPSA) is 141 Å². The first kappa shape index (κ1) is 22.4. The Morgan fingerprint density at radius 3 is 2.48 bits per heavy atom. The van der Waals surface area contributed by atoms with Crippen LogP contribution in [0, 0.1) is 6.92 Å². The summed E-state index contributed by atoms with van der Waals surface area (Å²) >= 11 is 0. The zero-order chi connectivity index (χ0) is 22.8. The minimum Gasteiger partial charge on any atom is -0.497 e. The van der Waals surface area contributed by atoms with Crippen molar-refractivity contribution in [2.24, 2.45) is 0 Å². The van der Waals surface area contributed by atoms with E-state index in [1.165, 1.54) is 36.8 Å². The van der Waals surface area contributed by atoms with Crippen LogP contribution in [-0.4, -0.2) is 45.5 Å². The molecule has 2 N–H and O–H groups in total. The normalized spacial score (nSPS) is 11.6. The standard InChI is InChI=1S/C19H20N2O8S2/c1-12-19(31(26,27)29-14-6-3-5-13(9-14)28-2)18-15(20-11-30(24)25)7-4-8-16(18)21(12)10-17(22)23/h3-9,20,30H,10-11H2,1-2H3,(H,22,23). The molecule has 0 aliphatic heterocycles. The first-order chi connectivity index (χ1) is 14.6.